The Balaban J connectivity index is 1.46. The minimum absolute atomic E-state index is 0.0397. The maximum atomic E-state index is 12.7. The second kappa shape index (κ2) is 8.71. The fourth-order valence-electron chi connectivity index (χ4n) is 4.01. The number of anilines is 1. The van der Waals surface area contributed by atoms with Gasteiger partial charge in [0.1, 0.15) is 0 Å². The summed E-state index contributed by atoms with van der Waals surface area (Å²) in [6.07, 6.45) is 2.82. The number of hydrogen-bond donors (Lipinski definition) is 1. The molecule has 2 aromatic carbocycles. The lowest BCUT2D eigenvalue weighted by atomic mass is 10.0. The molecule has 0 aromatic heterocycles. The van der Waals surface area contributed by atoms with Gasteiger partial charge in [0.2, 0.25) is 5.91 Å². The first-order valence-electron chi connectivity index (χ1n) is 10.2. The first-order valence-corrected chi connectivity index (χ1v) is 10.2. The van der Waals surface area contributed by atoms with E-state index < -0.39 is 4.92 Å². The Kier molecular flexibility index (Phi) is 5.85. The fourth-order valence-corrected chi connectivity index (χ4v) is 4.01. The Morgan fingerprint density at radius 1 is 1.17 bits per heavy atom. The van der Waals surface area contributed by atoms with Gasteiger partial charge in [-0.25, -0.2) is 0 Å². The van der Waals surface area contributed by atoms with Crippen LogP contribution in [0, 0.1) is 17.0 Å². The summed E-state index contributed by atoms with van der Waals surface area (Å²) in [4.78, 5) is 25.4. The van der Waals surface area contributed by atoms with E-state index in [0.29, 0.717) is 18.9 Å². The van der Waals surface area contributed by atoms with Crippen molar-refractivity contribution in [3.8, 4) is 11.5 Å². The Labute approximate surface area is 174 Å². The zero-order valence-corrected chi connectivity index (χ0v) is 16.9. The number of nitrogens with one attached hydrogen (secondary N) is 1. The highest BCUT2D eigenvalue weighted by Crippen LogP contribution is 2.37. The Bertz CT molecular complexity index is 962. The van der Waals surface area contributed by atoms with Gasteiger partial charge in [0.25, 0.3) is 5.69 Å². The standard InChI is InChI=1S/C22H25N3O5/c1-15-5-7-17(25(27)28)13-18(15)23-22(26)14-24-9-2-4-19(24)16-6-8-20-21(12-16)30-11-3-10-29-20/h5-8,12-13,19H,2-4,9-11,14H2,1H3,(H,23,26)/t19-/m1/s1. The van der Waals surface area contributed by atoms with Gasteiger partial charge in [-0.1, -0.05) is 12.1 Å². The third kappa shape index (κ3) is 4.38. The second-order valence-electron chi connectivity index (χ2n) is 7.69. The third-order valence-electron chi connectivity index (χ3n) is 5.57. The van der Waals surface area contributed by atoms with Gasteiger partial charge in [-0.2, -0.15) is 0 Å². The van der Waals surface area contributed by atoms with Gasteiger partial charge in [0.05, 0.1) is 30.4 Å². The molecule has 158 valence electrons. The lowest BCUT2D eigenvalue weighted by Gasteiger charge is -2.25. The Morgan fingerprint density at radius 3 is 2.77 bits per heavy atom. The summed E-state index contributed by atoms with van der Waals surface area (Å²) in [6, 6.07) is 10.6. The van der Waals surface area contributed by atoms with E-state index in [4.69, 9.17) is 9.47 Å². The monoisotopic (exact) mass is 411 g/mol. The number of non-ortho nitro benzene ring substituents is 1. The minimum Gasteiger partial charge on any atom is -0.490 e. The van der Waals surface area contributed by atoms with Gasteiger partial charge in [-0.05, 0) is 49.6 Å². The second-order valence-corrected chi connectivity index (χ2v) is 7.69. The highest BCUT2D eigenvalue weighted by atomic mass is 16.6. The summed E-state index contributed by atoms with van der Waals surface area (Å²) in [5, 5.41) is 13.9. The van der Waals surface area contributed by atoms with E-state index in [9.17, 15) is 14.9 Å². The molecule has 2 heterocycles. The van der Waals surface area contributed by atoms with Crippen LogP contribution >= 0.6 is 0 Å². The Hall–Kier alpha value is -3.13. The van der Waals surface area contributed by atoms with Crippen molar-refractivity contribution in [3.05, 3.63) is 57.6 Å². The van der Waals surface area contributed by atoms with Crippen LogP contribution in [0.2, 0.25) is 0 Å². The van der Waals surface area contributed by atoms with Crippen LogP contribution in [-0.4, -0.2) is 42.0 Å². The van der Waals surface area contributed by atoms with Gasteiger partial charge in [-0.15, -0.1) is 0 Å². The van der Waals surface area contributed by atoms with Gasteiger partial charge in [0, 0.05) is 24.6 Å². The number of benzene rings is 2. The molecule has 30 heavy (non-hydrogen) atoms. The van der Waals surface area contributed by atoms with Crippen LogP contribution < -0.4 is 14.8 Å². The number of ether oxygens (including phenoxy) is 2. The molecular formula is C22H25N3O5. The maximum absolute atomic E-state index is 12.7. The molecule has 0 unspecified atom stereocenters. The zero-order valence-electron chi connectivity index (χ0n) is 16.9. The molecule has 2 aliphatic heterocycles. The first-order chi connectivity index (χ1) is 14.5. The van der Waals surface area contributed by atoms with Crippen LogP contribution in [0.5, 0.6) is 11.5 Å². The van der Waals surface area contributed by atoms with E-state index in [1.54, 1.807) is 6.07 Å². The van der Waals surface area contributed by atoms with Crippen molar-refractivity contribution in [2.24, 2.45) is 0 Å². The number of likely N-dealkylation sites (tertiary alicyclic amines) is 1. The average Bonchev–Trinajstić information content (AvgIpc) is 3.04. The summed E-state index contributed by atoms with van der Waals surface area (Å²) in [5.74, 6) is 1.34. The largest absolute Gasteiger partial charge is 0.490 e. The van der Waals surface area contributed by atoms with Crippen LogP contribution in [0.3, 0.4) is 0 Å². The number of nitrogens with zero attached hydrogens (tertiary/aromatic N) is 2. The molecule has 0 spiro atoms. The van der Waals surface area contributed by atoms with Crippen molar-refractivity contribution in [2.45, 2.75) is 32.2 Å². The molecule has 1 amide bonds. The third-order valence-corrected chi connectivity index (χ3v) is 5.57. The first kappa shape index (κ1) is 20.2. The molecule has 8 heteroatoms. The molecule has 2 aliphatic rings. The molecule has 8 nitrogen and oxygen atoms in total. The van der Waals surface area contributed by atoms with E-state index in [1.807, 2.05) is 25.1 Å². The van der Waals surface area contributed by atoms with E-state index in [-0.39, 0.29) is 24.2 Å². The number of fused-ring (bicyclic) bond motifs is 1. The lowest BCUT2D eigenvalue weighted by molar-refractivity contribution is -0.384. The summed E-state index contributed by atoms with van der Waals surface area (Å²) in [6.45, 7) is 4.15. The molecule has 0 aliphatic carbocycles. The van der Waals surface area contributed by atoms with E-state index in [1.165, 1.54) is 12.1 Å². The smallest absolute Gasteiger partial charge is 0.271 e. The summed E-state index contributed by atoms with van der Waals surface area (Å²) >= 11 is 0. The normalized spacial score (nSPS) is 18.6. The van der Waals surface area contributed by atoms with Crippen LogP contribution in [0.4, 0.5) is 11.4 Å². The zero-order chi connectivity index (χ0) is 21.1. The molecule has 2 aromatic rings. The summed E-state index contributed by atoms with van der Waals surface area (Å²) < 4.78 is 11.5. The van der Waals surface area contributed by atoms with Crippen LogP contribution in [0.15, 0.2) is 36.4 Å². The van der Waals surface area contributed by atoms with Crippen molar-refractivity contribution in [1.82, 2.24) is 4.90 Å². The van der Waals surface area contributed by atoms with Crippen molar-refractivity contribution in [1.29, 1.82) is 0 Å². The number of hydrogen-bond acceptors (Lipinski definition) is 6. The average molecular weight is 411 g/mol. The number of carbonyl (C=O) groups is 1. The summed E-state index contributed by atoms with van der Waals surface area (Å²) in [7, 11) is 0. The molecule has 0 saturated carbocycles. The van der Waals surface area contributed by atoms with Gasteiger partial charge in [0.15, 0.2) is 11.5 Å². The van der Waals surface area contributed by atoms with Gasteiger partial charge >= 0.3 is 0 Å². The quantitative estimate of drug-likeness (QED) is 0.593. The van der Waals surface area contributed by atoms with Crippen molar-refractivity contribution in [2.75, 3.05) is 31.6 Å². The topological polar surface area (TPSA) is 93.9 Å². The SMILES string of the molecule is Cc1ccc([N+](=O)[O-])cc1NC(=O)CN1CCC[C@@H]1c1ccc2c(c1)OCCCO2. The highest BCUT2D eigenvalue weighted by Gasteiger charge is 2.29. The van der Waals surface area contributed by atoms with E-state index in [2.05, 4.69) is 10.2 Å². The predicted octanol–water partition coefficient (Wildman–Crippen LogP) is 3.84. The highest BCUT2D eigenvalue weighted by molar-refractivity contribution is 5.93. The number of amides is 1. The molecule has 1 N–H and O–H groups in total. The van der Waals surface area contributed by atoms with Gasteiger partial charge in [-0.3, -0.25) is 19.8 Å². The molecule has 1 saturated heterocycles. The van der Waals surface area contributed by atoms with Crippen molar-refractivity contribution in [3.63, 3.8) is 0 Å². The molecule has 1 fully saturated rings. The van der Waals surface area contributed by atoms with E-state index in [0.717, 1.165) is 48.4 Å². The number of aryl methyl sites for hydroxylation is 1. The number of nitro benzene ring substituents is 1. The molecule has 1 atom stereocenters. The molecule has 0 radical (unpaired) electrons. The van der Waals surface area contributed by atoms with Gasteiger partial charge < -0.3 is 14.8 Å². The predicted molar refractivity (Wildman–Crippen MR) is 112 cm³/mol. The minimum atomic E-state index is -0.463. The number of nitro groups is 1. The van der Waals surface area contributed by atoms with E-state index >= 15 is 0 Å². The molecule has 4 rings (SSSR count). The number of rotatable bonds is 5. The lowest BCUT2D eigenvalue weighted by Crippen LogP contribution is -2.33. The fraction of sp³-hybridized carbons (Fsp3) is 0.409. The Morgan fingerprint density at radius 2 is 1.97 bits per heavy atom. The van der Waals surface area contributed by atoms with Crippen molar-refractivity contribution < 1.29 is 19.2 Å². The number of carbonyl (C=O) groups excluding carboxylic acids is 1. The summed E-state index contributed by atoms with van der Waals surface area (Å²) in [5.41, 5.74) is 2.33. The molecular weight excluding hydrogens is 386 g/mol. The maximum Gasteiger partial charge on any atom is 0.271 e. The molecule has 0 bridgehead atoms. The van der Waals surface area contributed by atoms with Crippen molar-refractivity contribution >= 4 is 17.3 Å². The van der Waals surface area contributed by atoms with Crippen LogP contribution in [-0.2, 0) is 4.79 Å². The van der Waals surface area contributed by atoms with Crippen LogP contribution in [0.25, 0.3) is 0 Å². The van der Waals surface area contributed by atoms with Crippen LogP contribution in [0.1, 0.15) is 36.4 Å².